The first kappa shape index (κ1) is 10.8. The maximum atomic E-state index is 13.6. The Hall–Kier alpha value is -1.68. The van der Waals surface area contributed by atoms with Gasteiger partial charge in [0.25, 0.3) is 0 Å². The number of nitrogens with one attached hydrogen (secondary N) is 2. The molecular weight excluding hydrogens is 205 g/mol. The van der Waals surface area contributed by atoms with Gasteiger partial charge in [-0.15, -0.1) is 0 Å². The van der Waals surface area contributed by atoms with E-state index in [0.717, 1.165) is 11.3 Å². The Labute approximate surface area is 93.7 Å². The molecule has 0 saturated heterocycles. The number of halogens is 1. The predicted molar refractivity (Wildman–Crippen MR) is 61.5 cm³/mol. The number of hydrogen-bond donors (Lipinski definition) is 2. The lowest BCUT2D eigenvalue weighted by Gasteiger charge is -2.10. The van der Waals surface area contributed by atoms with Crippen LogP contribution in [0.3, 0.4) is 0 Å². The molecule has 16 heavy (non-hydrogen) atoms. The molecule has 2 rings (SSSR count). The highest BCUT2D eigenvalue weighted by molar-refractivity contribution is 5.63. The van der Waals surface area contributed by atoms with Gasteiger partial charge in [0, 0.05) is 17.2 Å². The van der Waals surface area contributed by atoms with Gasteiger partial charge in [0.2, 0.25) is 0 Å². The summed E-state index contributed by atoms with van der Waals surface area (Å²) >= 11 is 0. The van der Waals surface area contributed by atoms with Gasteiger partial charge in [0.1, 0.15) is 5.82 Å². The number of aromatic amines is 1. The maximum Gasteiger partial charge on any atom is 0.132 e. The molecule has 4 heteroatoms. The van der Waals surface area contributed by atoms with E-state index in [-0.39, 0.29) is 11.9 Å². The van der Waals surface area contributed by atoms with Crippen molar-refractivity contribution in [3.05, 3.63) is 41.8 Å². The molecule has 3 nitrogen and oxygen atoms in total. The van der Waals surface area contributed by atoms with E-state index in [2.05, 4.69) is 15.5 Å². The lowest BCUT2D eigenvalue weighted by atomic mass is 10.0. The van der Waals surface area contributed by atoms with Crippen molar-refractivity contribution in [2.24, 2.45) is 0 Å². The van der Waals surface area contributed by atoms with Crippen molar-refractivity contribution in [3.63, 3.8) is 0 Å². The van der Waals surface area contributed by atoms with Crippen LogP contribution in [0.15, 0.2) is 30.5 Å². The lowest BCUT2D eigenvalue weighted by Crippen LogP contribution is -2.12. The number of H-pyrrole nitrogens is 1. The van der Waals surface area contributed by atoms with Crippen LogP contribution in [-0.2, 0) is 0 Å². The minimum Gasteiger partial charge on any atom is -0.313 e. The topological polar surface area (TPSA) is 40.7 Å². The zero-order valence-corrected chi connectivity index (χ0v) is 9.29. The van der Waals surface area contributed by atoms with Crippen molar-refractivity contribution in [1.29, 1.82) is 0 Å². The molecule has 2 aromatic rings. The van der Waals surface area contributed by atoms with Crippen LogP contribution in [-0.4, -0.2) is 17.2 Å². The van der Waals surface area contributed by atoms with Crippen LogP contribution in [0, 0.1) is 5.82 Å². The second kappa shape index (κ2) is 4.45. The van der Waals surface area contributed by atoms with Crippen LogP contribution in [0.2, 0.25) is 0 Å². The quantitative estimate of drug-likeness (QED) is 0.832. The first-order chi connectivity index (χ1) is 7.74. The molecule has 2 N–H and O–H groups in total. The van der Waals surface area contributed by atoms with Gasteiger partial charge in [-0.3, -0.25) is 5.10 Å². The molecule has 84 valence electrons. The van der Waals surface area contributed by atoms with Crippen LogP contribution in [0.4, 0.5) is 4.39 Å². The summed E-state index contributed by atoms with van der Waals surface area (Å²) in [7, 11) is 1.86. The van der Waals surface area contributed by atoms with Crippen molar-refractivity contribution < 1.29 is 4.39 Å². The maximum absolute atomic E-state index is 13.6. The average molecular weight is 219 g/mol. The number of hydrogen-bond acceptors (Lipinski definition) is 2. The van der Waals surface area contributed by atoms with E-state index in [1.54, 1.807) is 18.3 Å². The smallest absolute Gasteiger partial charge is 0.132 e. The fourth-order valence-electron chi connectivity index (χ4n) is 1.66. The fourth-order valence-corrected chi connectivity index (χ4v) is 1.66. The molecule has 1 unspecified atom stereocenters. The Bertz CT molecular complexity index is 479. The van der Waals surface area contributed by atoms with E-state index in [0.29, 0.717) is 5.56 Å². The van der Waals surface area contributed by atoms with Crippen LogP contribution in [0.5, 0.6) is 0 Å². The van der Waals surface area contributed by atoms with E-state index in [4.69, 9.17) is 0 Å². The Morgan fingerprint density at radius 2 is 2.12 bits per heavy atom. The molecule has 0 aliphatic heterocycles. The molecule has 0 bridgehead atoms. The van der Waals surface area contributed by atoms with Crippen molar-refractivity contribution in [3.8, 4) is 11.3 Å². The summed E-state index contributed by atoms with van der Waals surface area (Å²) in [5, 5.41) is 9.94. The summed E-state index contributed by atoms with van der Waals surface area (Å²) in [5.74, 6) is -0.240. The van der Waals surface area contributed by atoms with E-state index in [1.165, 1.54) is 6.07 Å². The van der Waals surface area contributed by atoms with Gasteiger partial charge in [-0.1, -0.05) is 12.1 Å². The zero-order chi connectivity index (χ0) is 11.5. The molecule has 1 atom stereocenters. The molecule has 0 saturated carbocycles. The molecule has 0 aliphatic carbocycles. The molecule has 0 radical (unpaired) electrons. The number of nitrogens with zero attached hydrogens (tertiary/aromatic N) is 1. The number of aromatic nitrogens is 2. The summed E-state index contributed by atoms with van der Waals surface area (Å²) < 4.78 is 13.6. The van der Waals surface area contributed by atoms with Gasteiger partial charge in [-0.25, -0.2) is 4.39 Å². The van der Waals surface area contributed by atoms with E-state index >= 15 is 0 Å². The highest BCUT2D eigenvalue weighted by atomic mass is 19.1. The zero-order valence-electron chi connectivity index (χ0n) is 9.29. The van der Waals surface area contributed by atoms with Crippen molar-refractivity contribution in [1.82, 2.24) is 15.5 Å². The largest absolute Gasteiger partial charge is 0.313 e. The number of benzene rings is 1. The molecule has 0 aliphatic rings. The van der Waals surface area contributed by atoms with E-state index in [9.17, 15) is 4.39 Å². The molecule has 0 fully saturated rings. The van der Waals surface area contributed by atoms with E-state index in [1.807, 2.05) is 20.0 Å². The second-order valence-corrected chi connectivity index (χ2v) is 3.69. The minimum absolute atomic E-state index is 0.133. The Morgan fingerprint density at radius 3 is 2.81 bits per heavy atom. The highest BCUT2D eigenvalue weighted by Gasteiger charge is 2.15. The number of rotatable bonds is 3. The van der Waals surface area contributed by atoms with Crippen LogP contribution < -0.4 is 5.32 Å². The second-order valence-electron chi connectivity index (χ2n) is 3.69. The third kappa shape index (κ3) is 1.84. The normalized spacial score (nSPS) is 12.7. The SMILES string of the molecule is CNC(C)c1cn[nH]c1-c1ccccc1F. The van der Waals surface area contributed by atoms with Crippen LogP contribution in [0.1, 0.15) is 18.5 Å². The lowest BCUT2D eigenvalue weighted by molar-refractivity contribution is 0.627. The first-order valence-electron chi connectivity index (χ1n) is 5.19. The van der Waals surface area contributed by atoms with Gasteiger partial charge in [0.05, 0.1) is 11.9 Å². The fraction of sp³-hybridized carbons (Fsp3) is 0.250. The monoisotopic (exact) mass is 219 g/mol. The summed E-state index contributed by atoms with van der Waals surface area (Å²) in [6, 6.07) is 6.82. The van der Waals surface area contributed by atoms with Crippen molar-refractivity contribution >= 4 is 0 Å². The van der Waals surface area contributed by atoms with Crippen LogP contribution in [0.25, 0.3) is 11.3 Å². The average Bonchev–Trinajstić information content (AvgIpc) is 2.77. The van der Waals surface area contributed by atoms with Gasteiger partial charge < -0.3 is 5.32 Å². The summed E-state index contributed by atoms with van der Waals surface area (Å²) in [6.07, 6.45) is 1.73. The standard InChI is InChI=1S/C12H14FN3/c1-8(14-2)10-7-15-16-12(10)9-5-3-4-6-11(9)13/h3-8,14H,1-2H3,(H,15,16). The van der Waals surface area contributed by atoms with Crippen molar-refractivity contribution in [2.75, 3.05) is 7.05 Å². The van der Waals surface area contributed by atoms with Gasteiger partial charge in [-0.2, -0.15) is 5.10 Å². The van der Waals surface area contributed by atoms with E-state index < -0.39 is 0 Å². The first-order valence-corrected chi connectivity index (χ1v) is 5.19. The third-order valence-corrected chi connectivity index (χ3v) is 2.71. The highest BCUT2D eigenvalue weighted by Crippen LogP contribution is 2.27. The van der Waals surface area contributed by atoms with Gasteiger partial charge in [0.15, 0.2) is 0 Å². The Kier molecular flexibility index (Phi) is 3.01. The molecule has 0 spiro atoms. The molecule has 1 aromatic heterocycles. The summed E-state index contributed by atoms with van der Waals surface area (Å²) in [6.45, 7) is 2.01. The molecule has 0 amide bonds. The van der Waals surface area contributed by atoms with Crippen LogP contribution >= 0.6 is 0 Å². The predicted octanol–water partition coefficient (Wildman–Crippen LogP) is 2.50. The molecule has 1 heterocycles. The van der Waals surface area contributed by atoms with Crippen molar-refractivity contribution in [2.45, 2.75) is 13.0 Å². The Balaban J connectivity index is 2.49. The third-order valence-electron chi connectivity index (χ3n) is 2.71. The minimum atomic E-state index is -0.240. The summed E-state index contributed by atoms with van der Waals surface area (Å²) in [4.78, 5) is 0. The Morgan fingerprint density at radius 1 is 1.38 bits per heavy atom. The molecular formula is C12H14FN3. The molecule has 1 aromatic carbocycles. The van der Waals surface area contributed by atoms with Gasteiger partial charge in [-0.05, 0) is 26.1 Å². The summed E-state index contributed by atoms with van der Waals surface area (Å²) in [5.41, 5.74) is 2.25. The van der Waals surface area contributed by atoms with Gasteiger partial charge >= 0.3 is 0 Å².